The molecule has 0 saturated carbocycles. The average Bonchev–Trinajstić information content (AvgIpc) is 2.77. The van der Waals surface area contributed by atoms with E-state index in [1.165, 1.54) is 18.2 Å². The predicted molar refractivity (Wildman–Crippen MR) is 86.8 cm³/mol. The summed E-state index contributed by atoms with van der Waals surface area (Å²) in [5, 5.41) is 3.10. The van der Waals surface area contributed by atoms with Crippen molar-refractivity contribution in [2.24, 2.45) is 0 Å². The third kappa shape index (κ3) is 2.95. The molecule has 2 aromatic carbocycles. The molecule has 1 fully saturated rings. The molecule has 5 heteroatoms. The van der Waals surface area contributed by atoms with E-state index in [0.29, 0.717) is 0 Å². The summed E-state index contributed by atoms with van der Waals surface area (Å²) in [4.78, 5) is 25.7. The molecule has 1 atom stereocenters. The molecule has 2 aromatic rings. The van der Waals surface area contributed by atoms with Crippen molar-refractivity contribution >= 4 is 23.2 Å². The van der Waals surface area contributed by atoms with Crippen molar-refractivity contribution in [1.82, 2.24) is 0 Å². The molecule has 0 aromatic heterocycles. The third-order valence-corrected chi connectivity index (χ3v) is 4.06. The molecule has 1 heterocycles. The lowest BCUT2D eigenvalue weighted by Gasteiger charge is -2.16. The van der Waals surface area contributed by atoms with Gasteiger partial charge in [0, 0.05) is 5.69 Å². The summed E-state index contributed by atoms with van der Waals surface area (Å²) in [7, 11) is 0. The molecule has 2 amide bonds. The second kappa shape index (κ2) is 5.83. The molecule has 1 aliphatic rings. The van der Waals surface area contributed by atoms with Gasteiger partial charge in [-0.25, -0.2) is 9.29 Å². The largest absolute Gasteiger partial charge is 0.373 e. The quantitative estimate of drug-likeness (QED) is 0.886. The van der Waals surface area contributed by atoms with E-state index in [0.717, 1.165) is 21.7 Å². The standard InChI is InChI=1S/C18H17FN2O2/c1-11-6-7-14(8-12(11)2)20-16-10-17(22)21(18(16)23)15-5-3-4-13(19)9-15/h3-9,16,20H,10H2,1-2H3. The van der Waals surface area contributed by atoms with Crippen molar-refractivity contribution < 1.29 is 14.0 Å². The minimum atomic E-state index is -0.632. The van der Waals surface area contributed by atoms with Crippen LogP contribution in [0.3, 0.4) is 0 Å². The number of rotatable bonds is 3. The highest BCUT2D eigenvalue weighted by atomic mass is 19.1. The minimum absolute atomic E-state index is 0.0578. The predicted octanol–water partition coefficient (Wildman–Crippen LogP) is 3.19. The summed E-state index contributed by atoms with van der Waals surface area (Å²) in [5.41, 5.74) is 3.32. The molecule has 0 radical (unpaired) electrons. The van der Waals surface area contributed by atoms with Crippen LogP contribution in [-0.2, 0) is 9.59 Å². The Bertz CT molecular complexity index is 788. The monoisotopic (exact) mass is 312 g/mol. The molecule has 1 unspecified atom stereocenters. The van der Waals surface area contributed by atoms with Crippen LogP contribution in [0, 0.1) is 19.7 Å². The Morgan fingerprint density at radius 1 is 1.09 bits per heavy atom. The first-order valence-corrected chi connectivity index (χ1v) is 7.42. The van der Waals surface area contributed by atoms with Crippen LogP contribution < -0.4 is 10.2 Å². The zero-order valence-electron chi connectivity index (χ0n) is 13.0. The Kier molecular flexibility index (Phi) is 3.86. The van der Waals surface area contributed by atoms with Gasteiger partial charge in [-0.3, -0.25) is 9.59 Å². The molecule has 1 aliphatic heterocycles. The van der Waals surface area contributed by atoms with E-state index < -0.39 is 11.9 Å². The van der Waals surface area contributed by atoms with E-state index in [1.54, 1.807) is 6.07 Å². The molecule has 0 aliphatic carbocycles. The molecular weight excluding hydrogens is 295 g/mol. The SMILES string of the molecule is Cc1ccc(NC2CC(=O)N(c3cccc(F)c3)C2=O)cc1C. The highest BCUT2D eigenvalue weighted by Gasteiger charge is 2.39. The second-order valence-electron chi connectivity index (χ2n) is 5.75. The number of hydrogen-bond acceptors (Lipinski definition) is 3. The van der Waals surface area contributed by atoms with Gasteiger partial charge in [0.2, 0.25) is 5.91 Å². The van der Waals surface area contributed by atoms with Crippen LogP contribution in [0.4, 0.5) is 15.8 Å². The van der Waals surface area contributed by atoms with Crippen LogP contribution in [0.2, 0.25) is 0 Å². The van der Waals surface area contributed by atoms with Gasteiger partial charge >= 0.3 is 0 Å². The Hall–Kier alpha value is -2.69. The lowest BCUT2D eigenvalue weighted by Crippen LogP contribution is -2.34. The Morgan fingerprint density at radius 2 is 1.87 bits per heavy atom. The smallest absolute Gasteiger partial charge is 0.256 e. The van der Waals surface area contributed by atoms with Gasteiger partial charge in [0.1, 0.15) is 11.9 Å². The number of aryl methyl sites for hydroxylation is 2. The van der Waals surface area contributed by atoms with Gasteiger partial charge in [0.05, 0.1) is 12.1 Å². The maximum absolute atomic E-state index is 13.3. The van der Waals surface area contributed by atoms with Gasteiger partial charge in [-0.1, -0.05) is 12.1 Å². The number of nitrogens with one attached hydrogen (secondary N) is 1. The van der Waals surface area contributed by atoms with Gasteiger partial charge in [-0.2, -0.15) is 0 Å². The summed E-state index contributed by atoms with van der Waals surface area (Å²) in [6.45, 7) is 4.00. The fourth-order valence-electron chi connectivity index (χ4n) is 2.66. The van der Waals surface area contributed by atoms with Gasteiger partial charge < -0.3 is 5.32 Å². The topological polar surface area (TPSA) is 49.4 Å². The summed E-state index contributed by atoms with van der Waals surface area (Å²) < 4.78 is 13.3. The number of halogens is 1. The molecule has 23 heavy (non-hydrogen) atoms. The molecule has 3 rings (SSSR count). The number of anilines is 2. The number of hydrogen-bond donors (Lipinski definition) is 1. The number of carbonyl (C=O) groups excluding carboxylic acids is 2. The normalized spacial score (nSPS) is 17.7. The Morgan fingerprint density at radius 3 is 2.57 bits per heavy atom. The van der Waals surface area contributed by atoms with Crippen LogP contribution >= 0.6 is 0 Å². The number of benzene rings is 2. The molecule has 4 nitrogen and oxygen atoms in total. The molecular formula is C18H17FN2O2. The first-order valence-electron chi connectivity index (χ1n) is 7.42. The minimum Gasteiger partial charge on any atom is -0.373 e. The van der Waals surface area contributed by atoms with E-state index in [1.807, 2.05) is 32.0 Å². The fourth-order valence-corrected chi connectivity index (χ4v) is 2.66. The average molecular weight is 312 g/mol. The van der Waals surface area contributed by atoms with Gasteiger partial charge in [0.25, 0.3) is 5.91 Å². The van der Waals surface area contributed by atoms with Gasteiger partial charge in [-0.05, 0) is 55.3 Å². The Labute approximate surface area is 133 Å². The molecule has 0 spiro atoms. The lowest BCUT2D eigenvalue weighted by molar-refractivity contribution is -0.121. The van der Waals surface area contributed by atoms with E-state index in [-0.39, 0.29) is 23.9 Å². The lowest BCUT2D eigenvalue weighted by atomic mass is 10.1. The zero-order valence-corrected chi connectivity index (χ0v) is 13.0. The van der Waals surface area contributed by atoms with E-state index >= 15 is 0 Å². The number of nitrogens with zero attached hydrogens (tertiary/aromatic N) is 1. The van der Waals surface area contributed by atoms with E-state index in [4.69, 9.17) is 0 Å². The molecule has 0 bridgehead atoms. The fraction of sp³-hybridized carbons (Fsp3) is 0.222. The molecule has 118 valence electrons. The van der Waals surface area contributed by atoms with Crippen molar-refractivity contribution in [2.75, 3.05) is 10.2 Å². The van der Waals surface area contributed by atoms with Gasteiger partial charge in [0.15, 0.2) is 0 Å². The van der Waals surface area contributed by atoms with Crippen LogP contribution in [0.1, 0.15) is 17.5 Å². The summed E-state index contributed by atoms with van der Waals surface area (Å²) >= 11 is 0. The van der Waals surface area contributed by atoms with Gasteiger partial charge in [-0.15, -0.1) is 0 Å². The van der Waals surface area contributed by atoms with E-state index in [2.05, 4.69) is 5.32 Å². The van der Waals surface area contributed by atoms with Crippen molar-refractivity contribution in [2.45, 2.75) is 26.3 Å². The first kappa shape index (κ1) is 15.2. The van der Waals surface area contributed by atoms with Crippen molar-refractivity contribution in [1.29, 1.82) is 0 Å². The van der Waals surface area contributed by atoms with Crippen LogP contribution in [0.15, 0.2) is 42.5 Å². The molecule has 1 N–H and O–H groups in total. The Balaban J connectivity index is 1.82. The number of imide groups is 1. The van der Waals surface area contributed by atoms with Crippen molar-refractivity contribution in [3.05, 3.63) is 59.4 Å². The maximum Gasteiger partial charge on any atom is 0.256 e. The maximum atomic E-state index is 13.3. The summed E-state index contributed by atoms with van der Waals surface area (Å²) in [5.74, 6) is -1.17. The van der Waals surface area contributed by atoms with Crippen molar-refractivity contribution in [3.63, 3.8) is 0 Å². The van der Waals surface area contributed by atoms with Crippen LogP contribution in [0.25, 0.3) is 0 Å². The number of carbonyl (C=O) groups is 2. The van der Waals surface area contributed by atoms with E-state index in [9.17, 15) is 14.0 Å². The number of amides is 2. The second-order valence-corrected chi connectivity index (χ2v) is 5.75. The van der Waals surface area contributed by atoms with Crippen LogP contribution in [-0.4, -0.2) is 17.9 Å². The highest BCUT2D eigenvalue weighted by molar-refractivity contribution is 6.23. The van der Waals surface area contributed by atoms with Crippen molar-refractivity contribution in [3.8, 4) is 0 Å². The summed E-state index contributed by atoms with van der Waals surface area (Å²) in [6.07, 6.45) is 0.0578. The van der Waals surface area contributed by atoms with Crippen LogP contribution in [0.5, 0.6) is 0 Å². The highest BCUT2D eigenvalue weighted by Crippen LogP contribution is 2.26. The summed E-state index contributed by atoms with van der Waals surface area (Å²) in [6, 6.07) is 10.7. The molecule has 1 saturated heterocycles. The first-order chi connectivity index (χ1) is 11.0. The zero-order chi connectivity index (χ0) is 16.6. The third-order valence-electron chi connectivity index (χ3n) is 4.06.